The third kappa shape index (κ3) is 2.94. The number of piperazine rings is 1. The van der Waals surface area contributed by atoms with Crippen LogP contribution in [-0.2, 0) is 6.54 Å². The van der Waals surface area contributed by atoms with E-state index in [4.69, 9.17) is 5.73 Å². The van der Waals surface area contributed by atoms with Crippen LogP contribution in [0.3, 0.4) is 0 Å². The van der Waals surface area contributed by atoms with Crippen molar-refractivity contribution >= 4 is 5.69 Å². The van der Waals surface area contributed by atoms with Gasteiger partial charge >= 0.3 is 0 Å². The molecule has 0 bridgehead atoms. The maximum Gasteiger partial charge on any atom is 0.138 e. The maximum absolute atomic E-state index is 9.42. The summed E-state index contributed by atoms with van der Waals surface area (Å²) in [5.74, 6) is 0.170. The first-order valence-electron chi connectivity index (χ1n) is 6.60. The van der Waals surface area contributed by atoms with Crippen LogP contribution in [0.5, 0.6) is 5.75 Å². The van der Waals surface area contributed by atoms with Crippen molar-refractivity contribution in [2.45, 2.75) is 25.9 Å². The van der Waals surface area contributed by atoms with E-state index in [1.54, 1.807) is 6.07 Å². The largest absolute Gasteiger partial charge is 0.506 e. The summed E-state index contributed by atoms with van der Waals surface area (Å²) in [4.78, 5) is 4.89. The van der Waals surface area contributed by atoms with Gasteiger partial charge in [0.05, 0.1) is 5.69 Å². The Morgan fingerprint density at radius 2 is 2.17 bits per heavy atom. The predicted octanol–water partition coefficient (Wildman–Crippen LogP) is 1.50. The topological polar surface area (TPSA) is 52.7 Å². The minimum absolute atomic E-state index is 0.170. The van der Waals surface area contributed by atoms with Gasteiger partial charge in [-0.15, -0.1) is 0 Å². The third-order valence-electron chi connectivity index (χ3n) is 3.83. The average molecular weight is 249 g/mol. The van der Waals surface area contributed by atoms with Crippen LogP contribution >= 0.6 is 0 Å². The fraction of sp³-hybridized carbons (Fsp3) is 0.571. The molecule has 1 aromatic carbocycles. The zero-order valence-electron chi connectivity index (χ0n) is 11.3. The second-order valence-corrected chi connectivity index (χ2v) is 5.17. The van der Waals surface area contributed by atoms with E-state index in [-0.39, 0.29) is 5.75 Å². The van der Waals surface area contributed by atoms with Crippen LogP contribution in [0, 0.1) is 0 Å². The standard InChI is InChI=1S/C14H23N3O/c1-3-12-10-17(7-6-16(12)2)9-11-4-5-14(18)13(15)8-11/h4-5,8,12,18H,3,6-7,9-10,15H2,1-2H3. The Kier molecular flexibility index (Phi) is 4.09. The molecule has 4 heteroatoms. The lowest BCUT2D eigenvalue weighted by atomic mass is 10.1. The molecule has 0 saturated carbocycles. The smallest absolute Gasteiger partial charge is 0.138 e. The number of aromatic hydroxyl groups is 1. The monoisotopic (exact) mass is 249 g/mol. The molecular formula is C14H23N3O. The molecule has 0 radical (unpaired) electrons. The number of phenolic OH excluding ortho intramolecular Hbond substituents is 1. The van der Waals surface area contributed by atoms with Crippen molar-refractivity contribution in [3.8, 4) is 5.75 Å². The highest BCUT2D eigenvalue weighted by atomic mass is 16.3. The summed E-state index contributed by atoms with van der Waals surface area (Å²) >= 11 is 0. The van der Waals surface area contributed by atoms with Crippen LogP contribution in [0.15, 0.2) is 18.2 Å². The second kappa shape index (κ2) is 5.59. The number of nitrogens with zero attached hydrogens (tertiary/aromatic N) is 2. The first kappa shape index (κ1) is 13.2. The van der Waals surface area contributed by atoms with Gasteiger partial charge in [-0.25, -0.2) is 0 Å². The Morgan fingerprint density at radius 1 is 1.39 bits per heavy atom. The van der Waals surface area contributed by atoms with Gasteiger partial charge in [0.2, 0.25) is 0 Å². The molecule has 3 N–H and O–H groups in total. The van der Waals surface area contributed by atoms with Crippen LogP contribution in [0.2, 0.25) is 0 Å². The van der Waals surface area contributed by atoms with E-state index in [9.17, 15) is 5.11 Å². The highest BCUT2D eigenvalue weighted by molar-refractivity contribution is 5.53. The van der Waals surface area contributed by atoms with E-state index < -0.39 is 0 Å². The summed E-state index contributed by atoms with van der Waals surface area (Å²) in [7, 11) is 2.20. The van der Waals surface area contributed by atoms with Crippen molar-refractivity contribution in [3.63, 3.8) is 0 Å². The van der Waals surface area contributed by atoms with Gasteiger partial charge in [0.1, 0.15) is 5.75 Å². The number of nitrogen functional groups attached to an aromatic ring is 1. The minimum atomic E-state index is 0.170. The fourth-order valence-corrected chi connectivity index (χ4v) is 2.56. The molecule has 0 aromatic heterocycles. The summed E-state index contributed by atoms with van der Waals surface area (Å²) in [6, 6.07) is 6.14. The molecule has 1 unspecified atom stereocenters. The van der Waals surface area contributed by atoms with E-state index >= 15 is 0 Å². The first-order valence-corrected chi connectivity index (χ1v) is 6.60. The number of anilines is 1. The summed E-state index contributed by atoms with van der Waals surface area (Å²) in [6.07, 6.45) is 1.19. The van der Waals surface area contributed by atoms with E-state index in [0.717, 1.165) is 26.2 Å². The molecule has 1 aromatic rings. The van der Waals surface area contributed by atoms with Crippen molar-refractivity contribution < 1.29 is 5.11 Å². The Hall–Kier alpha value is -1.26. The number of phenols is 1. The molecule has 1 saturated heterocycles. The number of likely N-dealkylation sites (N-methyl/N-ethyl adjacent to an activating group) is 1. The lowest BCUT2D eigenvalue weighted by Gasteiger charge is -2.39. The quantitative estimate of drug-likeness (QED) is 0.629. The lowest BCUT2D eigenvalue weighted by molar-refractivity contribution is 0.0884. The van der Waals surface area contributed by atoms with Crippen LogP contribution < -0.4 is 5.73 Å². The first-order chi connectivity index (χ1) is 8.60. The van der Waals surface area contributed by atoms with Crippen LogP contribution in [0.25, 0.3) is 0 Å². The van der Waals surface area contributed by atoms with Gasteiger partial charge < -0.3 is 15.7 Å². The van der Waals surface area contributed by atoms with Crippen LogP contribution in [0.1, 0.15) is 18.9 Å². The minimum Gasteiger partial charge on any atom is -0.506 e. The van der Waals surface area contributed by atoms with Crippen molar-refractivity contribution in [3.05, 3.63) is 23.8 Å². The van der Waals surface area contributed by atoms with Gasteiger partial charge in [-0.3, -0.25) is 4.90 Å². The van der Waals surface area contributed by atoms with Crippen molar-refractivity contribution in [1.82, 2.24) is 9.80 Å². The van der Waals surface area contributed by atoms with Gasteiger partial charge in [0.15, 0.2) is 0 Å². The molecule has 0 spiro atoms. The second-order valence-electron chi connectivity index (χ2n) is 5.17. The van der Waals surface area contributed by atoms with Crippen molar-refractivity contribution in [2.24, 2.45) is 0 Å². The third-order valence-corrected chi connectivity index (χ3v) is 3.83. The zero-order valence-corrected chi connectivity index (χ0v) is 11.3. The molecule has 0 amide bonds. The Labute approximate surface area is 109 Å². The average Bonchev–Trinajstić information content (AvgIpc) is 2.36. The number of benzene rings is 1. The summed E-state index contributed by atoms with van der Waals surface area (Å²) in [5.41, 5.74) is 7.36. The Bertz CT molecular complexity index is 408. The summed E-state index contributed by atoms with van der Waals surface area (Å²) < 4.78 is 0. The number of rotatable bonds is 3. The highest BCUT2D eigenvalue weighted by Crippen LogP contribution is 2.22. The molecule has 2 rings (SSSR count). The van der Waals surface area contributed by atoms with E-state index in [0.29, 0.717) is 11.7 Å². The molecule has 4 nitrogen and oxygen atoms in total. The molecule has 1 aliphatic heterocycles. The van der Waals surface area contributed by atoms with E-state index in [2.05, 4.69) is 23.8 Å². The zero-order chi connectivity index (χ0) is 13.1. The van der Waals surface area contributed by atoms with Crippen LogP contribution in [-0.4, -0.2) is 47.6 Å². The maximum atomic E-state index is 9.42. The predicted molar refractivity (Wildman–Crippen MR) is 74.5 cm³/mol. The lowest BCUT2D eigenvalue weighted by Crippen LogP contribution is -2.50. The highest BCUT2D eigenvalue weighted by Gasteiger charge is 2.22. The Morgan fingerprint density at radius 3 is 2.83 bits per heavy atom. The summed E-state index contributed by atoms with van der Waals surface area (Å²) in [6.45, 7) is 6.46. The van der Waals surface area contributed by atoms with Gasteiger partial charge in [-0.05, 0) is 31.2 Å². The van der Waals surface area contributed by atoms with Crippen molar-refractivity contribution in [2.75, 3.05) is 32.4 Å². The molecule has 100 valence electrons. The molecule has 1 heterocycles. The SMILES string of the molecule is CCC1CN(Cc2ccc(O)c(N)c2)CCN1C. The van der Waals surface area contributed by atoms with Gasteiger partial charge in [-0.1, -0.05) is 13.0 Å². The molecule has 0 aliphatic carbocycles. The fourth-order valence-electron chi connectivity index (χ4n) is 2.56. The molecular weight excluding hydrogens is 226 g/mol. The van der Waals surface area contributed by atoms with Gasteiger partial charge in [0.25, 0.3) is 0 Å². The Balaban J connectivity index is 1.99. The normalized spacial score (nSPS) is 22.2. The van der Waals surface area contributed by atoms with Gasteiger partial charge in [0, 0.05) is 32.2 Å². The van der Waals surface area contributed by atoms with E-state index in [1.807, 2.05) is 12.1 Å². The molecule has 1 aliphatic rings. The number of hydrogen-bond donors (Lipinski definition) is 2. The number of hydrogen-bond acceptors (Lipinski definition) is 4. The van der Waals surface area contributed by atoms with Crippen LogP contribution in [0.4, 0.5) is 5.69 Å². The molecule has 1 fully saturated rings. The summed E-state index contributed by atoms with van der Waals surface area (Å²) in [5, 5.41) is 9.42. The van der Waals surface area contributed by atoms with Gasteiger partial charge in [-0.2, -0.15) is 0 Å². The molecule has 18 heavy (non-hydrogen) atoms. The molecule has 1 atom stereocenters. The number of nitrogens with two attached hydrogens (primary N) is 1. The van der Waals surface area contributed by atoms with E-state index in [1.165, 1.54) is 12.0 Å². The van der Waals surface area contributed by atoms with Crippen molar-refractivity contribution in [1.29, 1.82) is 0 Å².